The zero-order valence-electron chi connectivity index (χ0n) is 39.9. The van der Waals surface area contributed by atoms with Gasteiger partial charge in [0.15, 0.2) is 0 Å². The molecule has 0 saturated carbocycles. The van der Waals surface area contributed by atoms with Crippen LogP contribution in [0.4, 0.5) is 0 Å². The molecule has 0 heterocycles. The fourth-order valence-corrected chi connectivity index (χ4v) is 10.9. The van der Waals surface area contributed by atoms with E-state index in [1.807, 2.05) is 20.9 Å². The Labute approximate surface area is 412 Å². The van der Waals surface area contributed by atoms with E-state index in [0.29, 0.717) is 6.54 Å². The zero-order chi connectivity index (χ0) is 47.4. The number of rotatable bonds is 10. The van der Waals surface area contributed by atoms with Crippen LogP contribution in [0.1, 0.15) is 59.0 Å². The van der Waals surface area contributed by atoms with Crippen molar-refractivity contribution in [1.29, 1.82) is 0 Å². The number of amidine groups is 1. The lowest BCUT2D eigenvalue weighted by Crippen LogP contribution is -2.37. The number of aliphatic imine (C=N–C) groups is 1. The van der Waals surface area contributed by atoms with Gasteiger partial charge in [0.1, 0.15) is 12.0 Å². The second-order valence-electron chi connectivity index (χ2n) is 17.9. The topological polar surface area (TPSA) is 36.4 Å². The first-order valence-corrected chi connectivity index (χ1v) is 24.6. The van der Waals surface area contributed by atoms with E-state index in [0.717, 1.165) is 55.9 Å². The number of hydrogen-bond acceptors (Lipinski definition) is 2. The predicted molar refractivity (Wildman–Crippen MR) is 294 cm³/mol. The first-order valence-electron chi connectivity index (χ1n) is 24.6. The second kappa shape index (κ2) is 19.3. The van der Waals surface area contributed by atoms with Crippen LogP contribution in [-0.4, -0.2) is 12.9 Å². The average molecular weight is 902 g/mol. The van der Waals surface area contributed by atoms with Crippen LogP contribution in [0.3, 0.4) is 0 Å². The van der Waals surface area contributed by atoms with Gasteiger partial charge in [-0.05, 0) is 144 Å². The normalized spacial score (nSPS) is 13.0. The minimum Gasteiger partial charge on any atom is -0.351 e. The van der Waals surface area contributed by atoms with E-state index in [9.17, 15) is 0 Å². The molecular formula is C67H55N3. The van der Waals surface area contributed by atoms with E-state index < -0.39 is 5.41 Å². The lowest BCUT2D eigenvalue weighted by atomic mass is 9.70. The Balaban J connectivity index is 0.00000263. The first kappa shape index (κ1) is 44.2. The number of nitrogens with zero attached hydrogens (tertiary/aromatic N) is 1. The highest BCUT2D eigenvalue weighted by atomic mass is 15.1. The summed E-state index contributed by atoms with van der Waals surface area (Å²) in [6.07, 6.45) is -0.287. The van der Waals surface area contributed by atoms with Crippen molar-refractivity contribution >= 4 is 5.84 Å². The van der Waals surface area contributed by atoms with Gasteiger partial charge in [0, 0.05) is 5.56 Å². The maximum Gasteiger partial charge on any atom is 0.130 e. The first-order chi connectivity index (χ1) is 34.7. The lowest BCUT2D eigenvalue weighted by Gasteiger charge is -2.30. The molecule has 0 saturated heterocycles. The van der Waals surface area contributed by atoms with Gasteiger partial charge in [-0.3, -0.25) is 10.3 Å². The van der Waals surface area contributed by atoms with Gasteiger partial charge in [-0.15, -0.1) is 0 Å². The number of nitrogens with one attached hydrogen (secondary N) is 2. The summed E-state index contributed by atoms with van der Waals surface area (Å²) in [6.45, 7) is 4.47. The SMILES string of the molecule is CC.CNC(NC(=NCc1ccc2c(c1)C1(c3ccccc3-c3ccccc31)c1ccccc1-2)c1cc(-c2ccccc2)cc(-c2ccccc2)c1)c1cc(-c2ccccc2)cc(-c2ccccc2)c1. The van der Waals surface area contributed by atoms with Crippen molar-refractivity contribution in [3.63, 3.8) is 0 Å². The molecular weight excluding hydrogens is 847 g/mol. The summed E-state index contributed by atoms with van der Waals surface area (Å²) >= 11 is 0. The molecule has 70 heavy (non-hydrogen) atoms. The summed E-state index contributed by atoms with van der Waals surface area (Å²) in [5.74, 6) is 0.806. The fraction of sp³-hybridized carbons (Fsp3) is 0.0896. The molecule has 10 aromatic carbocycles. The third-order valence-electron chi connectivity index (χ3n) is 14.0. The molecule has 0 amide bonds. The van der Waals surface area contributed by atoms with E-state index in [-0.39, 0.29) is 6.17 Å². The Hall–Kier alpha value is -8.37. The lowest BCUT2D eigenvalue weighted by molar-refractivity contribution is 0.560. The van der Waals surface area contributed by atoms with Gasteiger partial charge < -0.3 is 5.32 Å². The summed E-state index contributed by atoms with van der Waals surface area (Å²) in [5.41, 5.74) is 22.6. The third kappa shape index (κ3) is 7.94. The molecule has 2 aliphatic rings. The molecule has 0 fully saturated rings. The quantitative estimate of drug-likeness (QED) is 0.0815. The molecule has 0 radical (unpaired) electrons. The average Bonchev–Trinajstić information content (AvgIpc) is 3.91. The van der Waals surface area contributed by atoms with Crippen LogP contribution in [0, 0.1) is 0 Å². The van der Waals surface area contributed by atoms with Crippen molar-refractivity contribution in [1.82, 2.24) is 10.6 Å². The molecule has 1 unspecified atom stereocenters. The number of hydrogen-bond donors (Lipinski definition) is 2. The van der Waals surface area contributed by atoms with E-state index in [1.54, 1.807) is 0 Å². The Morgan fingerprint density at radius 1 is 0.386 bits per heavy atom. The van der Waals surface area contributed by atoms with Gasteiger partial charge >= 0.3 is 0 Å². The third-order valence-corrected chi connectivity index (χ3v) is 14.0. The molecule has 3 heteroatoms. The van der Waals surface area contributed by atoms with Crippen LogP contribution < -0.4 is 10.6 Å². The maximum atomic E-state index is 5.65. The second-order valence-corrected chi connectivity index (χ2v) is 17.9. The number of benzene rings is 10. The van der Waals surface area contributed by atoms with Gasteiger partial charge in [-0.1, -0.05) is 226 Å². The van der Waals surface area contributed by atoms with Crippen molar-refractivity contribution in [3.8, 4) is 66.8 Å². The highest BCUT2D eigenvalue weighted by Gasteiger charge is 2.51. The molecule has 10 aromatic rings. The van der Waals surface area contributed by atoms with Crippen molar-refractivity contribution in [2.24, 2.45) is 4.99 Å². The van der Waals surface area contributed by atoms with E-state index in [1.165, 1.54) is 55.6 Å². The number of fused-ring (bicyclic) bond motifs is 10. The van der Waals surface area contributed by atoms with Gasteiger partial charge in [-0.25, -0.2) is 0 Å². The summed E-state index contributed by atoms with van der Waals surface area (Å²) in [5, 5.41) is 7.67. The molecule has 2 N–H and O–H groups in total. The van der Waals surface area contributed by atoms with E-state index in [2.05, 4.69) is 259 Å². The molecule has 0 bridgehead atoms. The van der Waals surface area contributed by atoms with Crippen LogP contribution in [0.5, 0.6) is 0 Å². The standard InChI is InChI=1S/C65H49N3.C2H6/c1-66-63(53-39-49(45-20-6-2-7-21-45)37-50(40-53)46-22-8-3-9-23-46)68-64(54-41-51(47-24-10-4-11-25-47)38-52(42-54)48-26-12-5-13-27-48)67-43-44-34-35-58-57-30-16-19-33-61(57)65(62(58)36-44)59-31-17-14-28-55(59)56-29-15-18-32-60(56)65;1-2/h2-42,63,66H,43H2,1H3,(H,67,68);1-2H3. The van der Waals surface area contributed by atoms with Crippen LogP contribution in [0.25, 0.3) is 66.8 Å². The summed E-state index contributed by atoms with van der Waals surface area (Å²) in [7, 11) is 2.03. The van der Waals surface area contributed by atoms with Crippen LogP contribution in [0.2, 0.25) is 0 Å². The summed E-state index contributed by atoms with van der Waals surface area (Å²) in [6, 6.07) is 90.5. The van der Waals surface area contributed by atoms with Crippen molar-refractivity contribution in [3.05, 3.63) is 288 Å². The highest BCUT2D eigenvalue weighted by Crippen LogP contribution is 2.62. The van der Waals surface area contributed by atoms with Crippen LogP contribution in [0.15, 0.2) is 254 Å². The Bertz CT molecular complexity index is 3310. The van der Waals surface area contributed by atoms with Crippen LogP contribution in [-0.2, 0) is 12.0 Å². The predicted octanol–water partition coefficient (Wildman–Crippen LogP) is 16.2. The molecule has 1 spiro atoms. The van der Waals surface area contributed by atoms with Gasteiger partial charge in [-0.2, -0.15) is 0 Å². The monoisotopic (exact) mass is 901 g/mol. The maximum absolute atomic E-state index is 5.65. The highest BCUT2D eigenvalue weighted by molar-refractivity contribution is 6.02. The van der Waals surface area contributed by atoms with E-state index in [4.69, 9.17) is 4.99 Å². The van der Waals surface area contributed by atoms with Gasteiger partial charge in [0.2, 0.25) is 0 Å². The Morgan fingerprint density at radius 3 is 1.17 bits per heavy atom. The van der Waals surface area contributed by atoms with Crippen molar-refractivity contribution in [2.75, 3.05) is 7.05 Å². The molecule has 0 aromatic heterocycles. The van der Waals surface area contributed by atoms with Crippen molar-refractivity contribution in [2.45, 2.75) is 32.0 Å². The van der Waals surface area contributed by atoms with Crippen LogP contribution >= 0.6 is 0 Å². The molecule has 1 atom stereocenters. The van der Waals surface area contributed by atoms with Crippen molar-refractivity contribution < 1.29 is 0 Å². The largest absolute Gasteiger partial charge is 0.351 e. The zero-order valence-corrected chi connectivity index (χ0v) is 39.9. The Morgan fingerprint density at radius 2 is 0.757 bits per heavy atom. The molecule has 338 valence electrons. The molecule has 2 aliphatic carbocycles. The van der Waals surface area contributed by atoms with E-state index >= 15 is 0 Å². The minimum atomic E-state index is -0.425. The summed E-state index contributed by atoms with van der Waals surface area (Å²) in [4.78, 5) is 5.65. The molecule has 3 nitrogen and oxygen atoms in total. The fourth-order valence-electron chi connectivity index (χ4n) is 10.9. The van der Waals surface area contributed by atoms with Gasteiger partial charge in [0.05, 0.1) is 12.0 Å². The summed E-state index contributed by atoms with van der Waals surface area (Å²) < 4.78 is 0. The smallest absolute Gasteiger partial charge is 0.130 e. The molecule has 0 aliphatic heterocycles. The minimum absolute atomic E-state index is 0.287. The Kier molecular flexibility index (Phi) is 12.2. The van der Waals surface area contributed by atoms with Gasteiger partial charge in [0.25, 0.3) is 0 Å². The molecule has 12 rings (SSSR count).